The molecule has 0 aromatic carbocycles. The molecule has 2 aliphatic rings. The van der Waals surface area contributed by atoms with Gasteiger partial charge in [-0.05, 0) is 44.4 Å². The molecule has 0 aromatic heterocycles. The smallest absolute Gasteiger partial charge is 0.0729 e. The molecule has 0 spiro atoms. The second-order valence-electron chi connectivity index (χ2n) is 5.50. The van der Waals surface area contributed by atoms with Gasteiger partial charge < -0.3 is 10.5 Å². The van der Waals surface area contributed by atoms with Gasteiger partial charge in [-0.3, -0.25) is 0 Å². The zero-order chi connectivity index (χ0) is 10.7. The van der Waals surface area contributed by atoms with E-state index >= 15 is 0 Å². The summed E-state index contributed by atoms with van der Waals surface area (Å²) in [5, 5.41) is 0. The molecule has 2 aliphatic carbocycles. The van der Waals surface area contributed by atoms with Gasteiger partial charge in [0.25, 0.3) is 0 Å². The Bertz CT molecular complexity index is 187. The van der Waals surface area contributed by atoms with Gasteiger partial charge in [0, 0.05) is 6.04 Å². The average Bonchev–Trinajstić information content (AvgIpc) is 2.25. The largest absolute Gasteiger partial charge is 0.373 e. The van der Waals surface area contributed by atoms with Crippen LogP contribution >= 0.6 is 0 Å². The lowest BCUT2D eigenvalue weighted by atomic mass is 9.88. The highest BCUT2D eigenvalue weighted by molar-refractivity contribution is 4.81. The molecule has 2 N–H and O–H groups in total. The van der Waals surface area contributed by atoms with Crippen LogP contribution < -0.4 is 5.73 Å². The summed E-state index contributed by atoms with van der Waals surface area (Å²) in [4.78, 5) is 0. The van der Waals surface area contributed by atoms with Crippen molar-refractivity contribution in [1.82, 2.24) is 0 Å². The summed E-state index contributed by atoms with van der Waals surface area (Å²) in [5.74, 6) is 0.907. The van der Waals surface area contributed by atoms with E-state index in [-0.39, 0.29) is 0 Å². The molecule has 0 amide bonds. The van der Waals surface area contributed by atoms with Crippen LogP contribution in [0.25, 0.3) is 0 Å². The number of hydrogen-bond acceptors (Lipinski definition) is 2. The Labute approximate surface area is 93.6 Å². The molecule has 2 saturated carbocycles. The molecule has 15 heavy (non-hydrogen) atoms. The fourth-order valence-electron chi connectivity index (χ4n) is 2.91. The second kappa shape index (κ2) is 5.31. The van der Waals surface area contributed by atoms with Gasteiger partial charge in [0.05, 0.1) is 12.2 Å². The van der Waals surface area contributed by atoms with Crippen molar-refractivity contribution in [2.75, 3.05) is 0 Å². The van der Waals surface area contributed by atoms with Crippen molar-refractivity contribution < 1.29 is 4.74 Å². The maximum atomic E-state index is 6.17. The highest BCUT2D eigenvalue weighted by Gasteiger charge is 2.27. The standard InChI is InChI=1S/C13H25NO/c1-10-6-8-11(9-7-10)15-13-5-3-2-4-12(13)14/h10-13H,2-9,14H2,1H3. The average molecular weight is 211 g/mol. The van der Waals surface area contributed by atoms with Gasteiger partial charge in [-0.1, -0.05) is 19.8 Å². The minimum Gasteiger partial charge on any atom is -0.373 e. The third-order valence-corrected chi connectivity index (χ3v) is 4.08. The second-order valence-corrected chi connectivity index (χ2v) is 5.50. The van der Waals surface area contributed by atoms with Gasteiger partial charge in [-0.25, -0.2) is 0 Å². The SMILES string of the molecule is CC1CCC(OC2CCCCC2N)CC1. The Hall–Kier alpha value is -0.0800. The van der Waals surface area contributed by atoms with Crippen LogP contribution in [-0.4, -0.2) is 18.2 Å². The van der Waals surface area contributed by atoms with Crippen molar-refractivity contribution in [1.29, 1.82) is 0 Å². The van der Waals surface area contributed by atoms with Crippen LogP contribution in [0.15, 0.2) is 0 Å². The van der Waals surface area contributed by atoms with Crippen LogP contribution in [0.2, 0.25) is 0 Å². The van der Waals surface area contributed by atoms with Gasteiger partial charge in [-0.15, -0.1) is 0 Å². The third kappa shape index (κ3) is 3.18. The maximum Gasteiger partial charge on any atom is 0.0729 e. The Morgan fingerprint density at radius 2 is 1.60 bits per heavy atom. The normalized spacial score (nSPS) is 42.8. The fraction of sp³-hybridized carbons (Fsp3) is 1.00. The topological polar surface area (TPSA) is 35.2 Å². The number of rotatable bonds is 2. The lowest BCUT2D eigenvalue weighted by molar-refractivity contribution is -0.0583. The van der Waals surface area contributed by atoms with Gasteiger partial charge in [0.2, 0.25) is 0 Å². The molecule has 0 radical (unpaired) electrons. The highest BCUT2D eigenvalue weighted by atomic mass is 16.5. The monoisotopic (exact) mass is 211 g/mol. The number of nitrogens with two attached hydrogens (primary N) is 1. The van der Waals surface area contributed by atoms with E-state index in [1.165, 1.54) is 44.9 Å². The van der Waals surface area contributed by atoms with Crippen molar-refractivity contribution in [3.8, 4) is 0 Å². The molecule has 2 nitrogen and oxygen atoms in total. The van der Waals surface area contributed by atoms with E-state index in [0.29, 0.717) is 18.2 Å². The molecule has 2 rings (SSSR count). The van der Waals surface area contributed by atoms with Gasteiger partial charge in [0.15, 0.2) is 0 Å². The summed E-state index contributed by atoms with van der Waals surface area (Å²) in [6.45, 7) is 2.35. The quantitative estimate of drug-likeness (QED) is 0.762. The molecule has 2 fully saturated rings. The summed E-state index contributed by atoms with van der Waals surface area (Å²) >= 11 is 0. The van der Waals surface area contributed by atoms with Crippen LogP contribution in [0.5, 0.6) is 0 Å². The maximum absolute atomic E-state index is 6.17. The number of hydrogen-bond donors (Lipinski definition) is 1. The summed E-state index contributed by atoms with van der Waals surface area (Å²) in [6.07, 6.45) is 11.0. The van der Waals surface area contributed by atoms with Crippen LogP contribution in [0, 0.1) is 5.92 Å². The van der Waals surface area contributed by atoms with Crippen molar-refractivity contribution in [2.45, 2.75) is 76.5 Å². The van der Waals surface area contributed by atoms with Crippen molar-refractivity contribution in [3.05, 3.63) is 0 Å². The van der Waals surface area contributed by atoms with Gasteiger partial charge in [0.1, 0.15) is 0 Å². The molecule has 88 valence electrons. The third-order valence-electron chi connectivity index (χ3n) is 4.08. The summed E-state index contributed by atoms with van der Waals surface area (Å²) < 4.78 is 6.17. The summed E-state index contributed by atoms with van der Waals surface area (Å²) in [7, 11) is 0. The molecule has 0 aliphatic heterocycles. The lowest BCUT2D eigenvalue weighted by Gasteiger charge is -2.34. The minimum absolute atomic E-state index is 0.304. The summed E-state index contributed by atoms with van der Waals surface area (Å²) in [6, 6.07) is 0.304. The van der Waals surface area contributed by atoms with Crippen LogP contribution in [0.1, 0.15) is 58.3 Å². The first kappa shape index (κ1) is 11.4. The lowest BCUT2D eigenvalue weighted by Crippen LogP contribution is -2.42. The van der Waals surface area contributed by atoms with E-state index < -0.39 is 0 Å². The first-order chi connectivity index (χ1) is 7.25. The van der Waals surface area contributed by atoms with E-state index in [2.05, 4.69) is 6.92 Å². The van der Waals surface area contributed by atoms with Crippen molar-refractivity contribution in [3.63, 3.8) is 0 Å². The zero-order valence-corrected chi connectivity index (χ0v) is 9.95. The zero-order valence-electron chi connectivity index (χ0n) is 9.95. The minimum atomic E-state index is 0.304. The van der Waals surface area contributed by atoms with Gasteiger partial charge in [-0.2, -0.15) is 0 Å². The molecular formula is C13H25NO. The molecule has 2 heteroatoms. The van der Waals surface area contributed by atoms with Crippen LogP contribution in [-0.2, 0) is 4.74 Å². The molecule has 0 aromatic rings. The van der Waals surface area contributed by atoms with Gasteiger partial charge >= 0.3 is 0 Å². The Morgan fingerprint density at radius 1 is 0.933 bits per heavy atom. The molecule has 2 unspecified atom stereocenters. The van der Waals surface area contributed by atoms with E-state index in [1.54, 1.807) is 0 Å². The summed E-state index contributed by atoms with van der Waals surface area (Å²) in [5.41, 5.74) is 6.10. The Morgan fingerprint density at radius 3 is 2.27 bits per heavy atom. The Kier molecular flexibility index (Phi) is 4.04. The van der Waals surface area contributed by atoms with E-state index in [0.717, 1.165) is 12.3 Å². The molecule has 0 bridgehead atoms. The first-order valence-electron chi connectivity index (χ1n) is 6.66. The first-order valence-corrected chi connectivity index (χ1v) is 6.66. The van der Waals surface area contributed by atoms with Crippen LogP contribution in [0.4, 0.5) is 0 Å². The predicted octanol–water partition coefficient (Wildman–Crippen LogP) is 2.85. The fourth-order valence-corrected chi connectivity index (χ4v) is 2.91. The molecule has 0 saturated heterocycles. The van der Waals surface area contributed by atoms with E-state index in [4.69, 9.17) is 10.5 Å². The molecule has 0 heterocycles. The van der Waals surface area contributed by atoms with Crippen molar-refractivity contribution in [2.24, 2.45) is 11.7 Å². The van der Waals surface area contributed by atoms with E-state index in [1.807, 2.05) is 0 Å². The van der Waals surface area contributed by atoms with Crippen LogP contribution in [0.3, 0.4) is 0 Å². The predicted molar refractivity (Wildman–Crippen MR) is 62.7 cm³/mol. The Balaban J connectivity index is 1.75. The molecular weight excluding hydrogens is 186 g/mol. The van der Waals surface area contributed by atoms with E-state index in [9.17, 15) is 0 Å². The number of ether oxygens (including phenoxy) is 1. The molecule has 2 atom stereocenters. The highest BCUT2D eigenvalue weighted by Crippen LogP contribution is 2.29. The van der Waals surface area contributed by atoms with Crippen molar-refractivity contribution >= 4 is 0 Å².